The topological polar surface area (TPSA) is 66.0 Å². The number of carboxylic acid groups (broad SMARTS) is 1. The monoisotopic (exact) mass is 216 g/mol. The molecule has 3 rings (SSSR count). The smallest absolute Gasteiger partial charge is 0.307 e. The van der Waals surface area contributed by atoms with Gasteiger partial charge in [-0.1, -0.05) is 6.07 Å². The highest BCUT2D eigenvalue weighted by molar-refractivity contribution is 5.78. The van der Waals surface area contributed by atoms with E-state index in [1.165, 1.54) is 5.56 Å². The Morgan fingerprint density at radius 3 is 3.06 bits per heavy atom. The molecule has 0 radical (unpaired) electrons. The number of rotatable bonds is 2. The van der Waals surface area contributed by atoms with Crippen LogP contribution in [0.5, 0.6) is 0 Å². The van der Waals surface area contributed by atoms with E-state index in [4.69, 9.17) is 5.11 Å². The first-order chi connectivity index (χ1) is 7.65. The summed E-state index contributed by atoms with van der Waals surface area (Å²) in [5, 5.41) is 8.86. The second-order valence-corrected chi connectivity index (χ2v) is 4.43. The van der Waals surface area contributed by atoms with Crippen molar-refractivity contribution in [3.05, 3.63) is 29.6 Å². The lowest BCUT2D eigenvalue weighted by Crippen LogP contribution is -1.99. The molecular formula is C12H12N2O2. The van der Waals surface area contributed by atoms with Gasteiger partial charge in [0.1, 0.15) is 5.82 Å². The molecule has 4 nitrogen and oxygen atoms in total. The van der Waals surface area contributed by atoms with Gasteiger partial charge in [0.2, 0.25) is 0 Å². The minimum Gasteiger partial charge on any atom is -0.481 e. The first-order valence-electron chi connectivity index (χ1n) is 5.34. The fraction of sp³-hybridized carbons (Fsp3) is 0.333. The number of aryl methyl sites for hydroxylation is 1. The van der Waals surface area contributed by atoms with Crippen molar-refractivity contribution in [2.45, 2.75) is 19.3 Å². The zero-order valence-electron chi connectivity index (χ0n) is 8.90. The Hall–Kier alpha value is -1.84. The van der Waals surface area contributed by atoms with Crippen molar-refractivity contribution in [2.75, 3.05) is 0 Å². The molecule has 0 bridgehead atoms. The molecule has 0 saturated heterocycles. The van der Waals surface area contributed by atoms with Crippen LogP contribution in [-0.4, -0.2) is 21.0 Å². The molecule has 1 aliphatic rings. The van der Waals surface area contributed by atoms with E-state index >= 15 is 0 Å². The average molecular weight is 216 g/mol. The van der Waals surface area contributed by atoms with E-state index in [0.717, 1.165) is 16.9 Å². The number of aromatic nitrogens is 2. The fourth-order valence-corrected chi connectivity index (χ4v) is 2.09. The van der Waals surface area contributed by atoms with Crippen molar-refractivity contribution >= 4 is 17.0 Å². The van der Waals surface area contributed by atoms with Gasteiger partial charge in [-0.3, -0.25) is 4.79 Å². The number of carbonyl (C=O) groups is 1. The van der Waals surface area contributed by atoms with Gasteiger partial charge >= 0.3 is 5.97 Å². The lowest BCUT2D eigenvalue weighted by atomic mass is 10.2. The van der Waals surface area contributed by atoms with Crippen molar-refractivity contribution in [2.24, 2.45) is 5.92 Å². The van der Waals surface area contributed by atoms with Crippen LogP contribution in [0.15, 0.2) is 18.2 Å². The molecule has 1 aromatic heterocycles. The maximum absolute atomic E-state index is 10.8. The number of aliphatic carboxylic acids is 1. The standard InChI is InChI=1S/C12H12N2O2/c1-6-2-3-9-10(4-6)14-11(13-9)7-5-8(7)12(15)16/h2-4,7-8H,5H2,1H3,(H,13,14)(H,15,16). The van der Waals surface area contributed by atoms with E-state index in [2.05, 4.69) is 9.97 Å². The summed E-state index contributed by atoms with van der Waals surface area (Å²) in [6.07, 6.45) is 0.703. The van der Waals surface area contributed by atoms with Crippen molar-refractivity contribution in [3.8, 4) is 0 Å². The summed E-state index contributed by atoms with van der Waals surface area (Å²) in [4.78, 5) is 18.4. The molecule has 1 fully saturated rings. The van der Waals surface area contributed by atoms with Crippen LogP contribution in [0.25, 0.3) is 11.0 Å². The van der Waals surface area contributed by atoms with E-state index in [9.17, 15) is 4.79 Å². The quantitative estimate of drug-likeness (QED) is 0.807. The first kappa shape index (κ1) is 9.39. The van der Waals surface area contributed by atoms with Crippen molar-refractivity contribution in [1.29, 1.82) is 0 Å². The number of benzene rings is 1. The van der Waals surface area contributed by atoms with Gasteiger partial charge in [-0.25, -0.2) is 4.98 Å². The SMILES string of the molecule is Cc1ccc2nc(C3CC3C(=O)O)[nH]c2c1. The van der Waals surface area contributed by atoms with Crippen LogP contribution >= 0.6 is 0 Å². The van der Waals surface area contributed by atoms with Gasteiger partial charge in [-0.05, 0) is 31.0 Å². The summed E-state index contributed by atoms with van der Waals surface area (Å²) < 4.78 is 0. The molecule has 4 heteroatoms. The third kappa shape index (κ3) is 1.38. The molecule has 0 aliphatic heterocycles. The number of hydrogen-bond donors (Lipinski definition) is 2. The zero-order chi connectivity index (χ0) is 11.3. The fourth-order valence-electron chi connectivity index (χ4n) is 2.09. The number of carboxylic acids is 1. The predicted molar refractivity (Wildman–Crippen MR) is 59.3 cm³/mol. The number of H-pyrrole nitrogens is 1. The maximum atomic E-state index is 10.8. The Kier molecular flexibility index (Phi) is 1.80. The largest absolute Gasteiger partial charge is 0.481 e. The molecule has 0 spiro atoms. The van der Waals surface area contributed by atoms with Crippen molar-refractivity contribution < 1.29 is 9.90 Å². The molecule has 1 aromatic carbocycles. The van der Waals surface area contributed by atoms with E-state index in [1.807, 2.05) is 25.1 Å². The van der Waals surface area contributed by atoms with E-state index < -0.39 is 5.97 Å². The lowest BCUT2D eigenvalue weighted by molar-refractivity contribution is -0.138. The highest BCUT2D eigenvalue weighted by atomic mass is 16.4. The van der Waals surface area contributed by atoms with Crippen LogP contribution < -0.4 is 0 Å². The third-order valence-electron chi connectivity index (χ3n) is 3.11. The van der Waals surface area contributed by atoms with Crippen LogP contribution in [0, 0.1) is 12.8 Å². The predicted octanol–water partition coefficient (Wildman–Crippen LogP) is 2.06. The molecule has 2 unspecified atom stereocenters. The highest BCUT2D eigenvalue weighted by Crippen LogP contribution is 2.46. The van der Waals surface area contributed by atoms with Gasteiger partial charge in [0.05, 0.1) is 17.0 Å². The second kappa shape index (κ2) is 3.07. The van der Waals surface area contributed by atoms with Crippen molar-refractivity contribution in [1.82, 2.24) is 9.97 Å². The number of hydrogen-bond acceptors (Lipinski definition) is 2. The summed E-state index contributed by atoms with van der Waals surface area (Å²) in [6.45, 7) is 2.02. The van der Waals surface area contributed by atoms with E-state index in [-0.39, 0.29) is 11.8 Å². The van der Waals surface area contributed by atoms with Gasteiger partial charge < -0.3 is 10.1 Å². The Morgan fingerprint density at radius 2 is 2.38 bits per heavy atom. The zero-order valence-corrected chi connectivity index (χ0v) is 8.90. The number of nitrogens with one attached hydrogen (secondary N) is 1. The second-order valence-electron chi connectivity index (χ2n) is 4.43. The van der Waals surface area contributed by atoms with Gasteiger partial charge in [0.15, 0.2) is 0 Å². The third-order valence-corrected chi connectivity index (χ3v) is 3.11. The molecule has 2 N–H and O–H groups in total. The number of imidazole rings is 1. The Bertz CT molecular complexity index is 573. The van der Waals surface area contributed by atoms with Crippen LogP contribution in [0.4, 0.5) is 0 Å². The van der Waals surface area contributed by atoms with E-state index in [1.54, 1.807) is 0 Å². The molecule has 1 aliphatic carbocycles. The molecule has 2 atom stereocenters. The van der Waals surface area contributed by atoms with Gasteiger partial charge in [0.25, 0.3) is 0 Å². The van der Waals surface area contributed by atoms with Gasteiger partial charge in [-0.2, -0.15) is 0 Å². The molecule has 16 heavy (non-hydrogen) atoms. The minimum atomic E-state index is -0.721. The summed E-state index contributed by atoms with van der Waals surface area (Å²) in [5.41, 5.74) is 3.08. The Labute approximate surface area is 92.3 Å². The molecular weight excluding hydrogens is 204 g/mol. The lowest BCUT2D eigenvalue weighted by Gasteiger charge is -1.90. The van der Waals surface area contributed by atoms with Crippen LogP contribution in [-0.2, 0) is 4.79 Å². The van der Waals surface area contributed by atoms with Gasteiger partial charge in [-0.15, -0.1) is 0 Å². The maximum Gasteiger partial charge on any atom is 0.307 e. The number of aromatic amines is 1. The summed E-state index contributed by atoms with van der Waals surface area (Å²) >= 11 is 0. The summed E-state index contributed by atoms with van der Waals surface area (Å²) in [6, 6.07) is 6.00. The Balaban J connectivity index is 1.98. The molecule has 2 aromatic rings. The van der Waals surface area contributed by atoms with Crippen LogP contribution in [0.1, 0.15) is 23.7 Å². The van der Waals surface area contributed by atoms with Crippen LogP contribution in [0.2, 0.25) is 0 Å². The highest BCUT2D eigenvalue weighted by Gasteiger charge is 2.46. The normalized spacial score (nSPS) is 23.6. The summed E-state index contributed by atoms with van der Waals surface area (Å²) in [7, 11) is 0. The van der Waals surface area contributed by atoms with Crippen molar-refractivity contribution in [3.63, 3.8) is 0 Å². The average Bonchev–Trinajstić information content (AvgIpc) is 2.93. The molecule has 1 heterocycles. The minimum absolute atomic E-state index is 0.0743. The van der Waals surface area contributed by atoms with E-state index in [0.29, 0.717) is 6.42 Å². The van der Waals surface area contributed by atoms with Crippen LogP contribution in [0.3, 0.4) is 0 Å². The summed E-state index contributed by atoms with van der Waals surface area (Å²) in [5.74, 6) is -0.0819. The molecule has 82 valence electrons. The molecule has 1 saturated carbocycles. The van der Waals surface area contributed by atoms with Gasteiger partial charge in [0, 0.05) is 5.92 Å². The number of fused-ring (bicyclic) bond motifs is 1. The molecule has 0 amide bonds. The number of nitrogens with zero attached hydrogens (tertiary/aromatic N) is 1. The first-order valence-corrected chi connectivity index (χ1v) is 5.34. The Morgan fingerprint density at radius 1 is 1.56 bits per heavy atom.